The molecule has 6 atom stereocenters. The number of nitrogens with zero attached hydrogens (tertiary/aromatic N) is 2. The molecule has 49 heavy (non-hydrogen) atoms. The molecule has 9 heteroatoms. The molecule has 2 aliphatic carbocycles. The Morgan fingerprint density at radius 3 is 2.27 bits per heavy atom. The molecule has 4 amide bonds. The van der Waals surface area contributed by atoms with Crippen LogP contribution in [0.2, 0.25) is 5.02 Å². The molecule has 2 aliphatic heterocycles. The Hall–Kier alpha value is -5.34. The third-order valence-corrected chi connectivity index (χ3v) is 11.1. The van der Waals surface area contributed by atoms with Gasteiger partial charge in [0.25, 0.3) is 0 Å². The number of amides is 4. The molecule has 1 N–H and O–H groups in total. The van der Waals surface area contributed by atoms with Crippen molar-refractivity contribution in [2.45, 2.75) is 24.2 Å². The van der Waals surface area contributed by atoms with Crippen molar-refractivity contribution >= 4 is 52.7 Å². The van der Waals surface area contributed by atoms with Crippen molar-refractivity contribution in [3.63, 3.8) is 0 Å². The Balaban J connectivity index is 1.34. The van der Waals surface area contributed by atoms with Gasteiger partial charge < -0.3 is 5.11 Å². The second-order valence-corrected chi connectivity index (χ2v) is 13.5. The summed E-state index contributed by atoms with van der Waals surface area (Å²) in [7, 11) is 0. The van der Waals surface area contributed by atoms with Gasteiger partial charge in [0.1, 0.15) is 0 Å². The third kappa shape index (κ3) is 4.40. The topological polar surface area (TPSA) is 95.0 Å². The molecule has 3 fully saturated rings. The Kier molecular flexibility index (Phi) is 7.19. The number of halogens is 2. The second-order valence-electron chi connectivity index (χ2n) is 13.1. The fraction of sp³-hybridized carbons (Fsp3) is 0.200. The van der Waals surface area contributed by atoms with E-state index in [9.17, 15) is 19.5 Å². The highest BCUT2D eigenvalue weighted by atomic mass is 35.5. The van der Waals surface area contributed by atoms with Crippen molar-refractivity contribution in [1.29, 1.82) is 0 Å². The molecular weight excluding hydrogens is 643 g/mol. The van der Waals surface area contributed by atoms with Crippen molar-refractivity contribution in [2.24, 2.45) is 23.7 Å². The number of rotatable bonds is 5. The van der Waals surface area contributed by atoms with Gasteiger partial charge in [-0.25, -0.2) is 9.29 Å². The molecule has 7 nitrogen and oxygen atoms in total. The summed E-state index contributed by atoms with van der Waals surface area (Å²) in [5, 5.41) is 10.5. The average molecular weight is 673 g/mol. The van der Waals surface area contributed by atoms with Crippen LogP contribution in [0.3, 0.4) is 0 Å². The number of hydrogen-bond donors (Lipinski definition) is 1. The molecule has 4 aromatic rings. The Morgan fingerprint density at radius 2 is 1.57 bits per heavy atom. The first-order valence-corrected chi connectivity index (χ1v) is 16.5. The van der Waals surface area contributed by atoms with Crippen LogP contribution in [0, 0.1) is 29.5 Å². The highest BCUT2D eigenvalue weighted by Gasteiger charge is 2.70. The summed E-state index contributed by atoms with van der Waals surface area (Å²) in [6.45, 7) is 3.78. The molecule has 8 rings (SSSR count). The first-order valence-electron chi connectivity index (χ1n) is 16.1. The zero-order valence-corrected chi connectivity index (χ0v) is 26.9. The van der Waals surface area contributed by atoms with Crippen molar-refractivity contribution in [1.82, 2.24) is 0 Å². The number of phenolic OH excluding ortho intramolecular Hbond substituents is 1. The Bertz CT molecular complexity index is 2110. The van der Waals surface area contributed by atoms with E-state index in [1.807, 2.05) is 12.1 Å². The monoisotopic (exact) mass is 672 g/mol. The Labute approximate surface area is 286 Å². The highest BCUT2D eigenvalue weighted by Crippen LogP contribution is 2.64. The van der Waals surface area contributed by atoms with E-state index in [1.54, 1.807) is 84.9 Å². The van der Waals surface area contributed by atoms with Crippen LogP contribution in [0.25, 0.3) is 6.08 Å². The van der Waals surface area contributed by atoms with E-state index in [-0.39, 0.29) is 24.7 Å². The molecule has 4 aliphatic rings. The SMILES string of the molecule is C=Cc1ccc(N2C(=O)C3CC=C4C(CC5C(=O)N(c6cccc(Cl)c6)C(=O)C5(c5ccccc5)C4c4ccc(O)c(F)c4)C3C2=O)cc1. The number of benzene rings is 4. The molecule has 4 aromatic carbocycles. The zero-order valence-electron chi connectivity index (χ0n) is 26.1. The summed E-state index contributed by atoms with van der Waals surface area (Å²) < 4.78 is 15.3. The first-order chi connectivity index (χ1) is 23.7. The molecule has 0 aromatic heterocycles. The average Bonchev–Trinajstić information content (AvgIpc) is 3.50. The van der Waals surface area contributed by atoms with Crippen LogP contribution in [0.15, 0.2) is 115 Å². The lowest BCUT2D eigenvalue weighted by molar-refractivity contribution is -0.127. The maximum Gasteiger partial charge on any atom is 0.246 e. The molecule has 2 saturated heterocycles. The van der Waals surface area contributed by atoms with Crippen LogP contribution in [0.1, 0.15) is 35.4 Å². The lowest BCUT2D eigenvalue weighted by atomic mass is 9.49. The van der Waals surface area contributed by atoms with E-state index in [2.05, 4.69) is 6.58 Å². The van der Waals surface area contributed by atoms with Crippen LogP contribution >= 0.6 is 11.6 Å². The van der Waals surface area contributed by atoms with E-state index >= 15 is 9.18 Å². The van der Waals surface area contributed by atoms with E-state index in [0.29, 0.717) is 33.1 Å². The molecule has 0 radical (unpaired) electrons. The van der Waals surface area contributed by atoms with Crippen molar-refractivity contribution in [3.8, 4) is 5.75 Å². The number of anilines is 2. The van der Waals surface area contributed by atoms with Gasteiger partial charge in [0.05, 0.1) is 34.5 Å². The summed E-state index contributed by atoms with van der Waals surface area (Å²) in [6, 6.07) is 26.5. The van der Waals surface area contributed by atoms with Gasteiger partial charge in [-0.15, -0.1) is 0 Å². The van der Waals surface area contributed by atoms with Crippen LogP contribution in [0.4, 0.5) is 15.8 Å². The molecule has 244 valence electrons. The molecular formula is C40H30ClFN2O5. The van der Waals surface area contributed by atoms with E-state index in [0.717, 1.165) is 10.5 Å². The van der Waals surface area contributed by atoms with E-state index in [4.69, 9.17) is 11.6 Å². The summed E-state index contributed by atoms with van der Waals surface area (Å²) in [5.41, 5.74) is 1.70. The largest absolute Gasteiger partial charge is 0.505 e. The maximum absolute atomic E-state index is 15.3. The van der Waals surface area contributed by atoms with E-state index < -0.39 is 58.4 Å². The smallest absolute Gasteiger partial charge is 0.246 e. The number of carbonyl (C=O) groups excluding carboxylic acids is 4. The number of hydrogen-bond acceptors (Lipinski definition) is 5. The fourth-order valence-electron chi connectivity index (χ4n) is 8.84. The van der Waals surface area contributed by atoms with Gasteiger partial charge in [-0.3, -0.25) is 24.1 Å². The number of aromatic hydroxyl groups is 1. The van der Waals surface area contributed by atoms with Gasteiger partial charge in [-0.2, -0.15) is 0 Å². The van der Waals surface area contributed by atoms with Crippen LogP contribution in [-0.4, -0.2) is 28.7 Å². The van der Waals surface area contributed by atoms with Crippen molar-refractivity contribution in [3.05, 3.63) is 143 Å². The standard InChI is InChI=1S/C40H30ClFN2O5/c1-2-22-11-14-26(15-12-22)43-36(46)29-17-16-28-30(34(29)38(43)48)21-31-37(47)44(27-10-6-9-25(41)20-27)39(49)40(31,24-7-4-3-5-8-24)35(28)23-13-18-33(45)32(42)19-23/h2-16,18-20,29-31,34-35,45H,1,17,21H2. The predicted octanol–water partition coefficient (Wildman–Crippen LogP) is 7.19. The lowest BCUT2D eigenvalue weighted by Gasteiger charge is -2.50. The van der Waals surface area contributed by atoms with Gasteiger partial charge in [0.2, 0.25) is 23.6 Å². The number of carbonyl (C=O) groups is 4. The van der Waals surface area contributed by atoms with Crippen molar-refractivity contribution in [2.75, 3.05) is 9.80 Å². The van der Waals surface area contributed by atoms with Gasteiger partial charge in [0.15, 0.2) is 11.6 Å². The van der Waals surface area contributed by atoms with Crippen molar-refractivity contribution < 1.29 is 28.7 Å². The minimum absolute atomic E-state index is 0.114. The Morgan fingerprint density at radius 1 is 0.816 bits per heavy atom. The van der Waals surface area contributed by atoms with Gasteiger partial charge >= 0.3 is 0 Å². The summed E-state index contributed by atoms with van der Waals surface area (Å²) >= 11 is 6.35. The number of phenols is 1. The van der Waals surface area contributed by atoms with Gasteiger partial charge in [-0.1, -0.05) is 90.5 Å². The van der Waals surface area contributed by atoms with Crippen LogP contribution in [0.5, 0.6) is 5.75 Å². The summed E-state index contributed by atoms with van der Waals surface area (Å²) in [5.74, 6) is -7.03. The normalized spacial score (nSPS) is 27.5. The zero-order chi connectivity index (χ0) is 34.2. The lowest BCUT2D eigenvalue weighted by Crippen LogP contribution is -2.53. The molecule has 2 heterocycles. The minimum atomic E-state index is -1.54. The molecule has 6 unspecified atom stereocenters. The van der Waals surface area contributed by atoms with Crippen LogP contribution in [-0.2, 0) is 24.6 Å². The van der Waals surface area contributed by atoms with E-state index in [1.165, 1.54) is 17.0 Å². The number of allylic oxidation sites excluding steroid dienone is 2. The second kappa shape index (κ2) is 11.4. The van der Waals surface area contributed by atoms with Crippen LogP contribution < -0.4 is 9.80 Å². The maximum atomic E-state index is 15.3. The predicted molar refractivity (Wildman–Crippen MR) is 183 cm³/mol. The molecule has 1 saturated carbocycles. The van der Waals surface area contributed by atoms with Gasteiger partial charge in [-0.05, 0) is 77.9 Å². The first kappa shape index (κ1) is 31.0. The minimum Gasteiger partial charge on any atom is -0.505 e. The fourth-order valence-corrected chi connectivity index (χ4v) is 9.02. The number of imide groups is 2. The summed E-state index contributed by atoms with van der Waals surface area (Å²) in [6.07, 6.45) is 3.93. The quantitative estimate of drug-likeness (QED) is 0.179. The highest BCUT2D eigenvalue weighted by molar-refractivity contribution is 6.32. The third-order valence-electron chi connectivity index (χ3n) is 10.9. The molecule has 0 bridgehead atoms. The summed E-state index contributed by atoms with van der Waals surface area (Å²) in [4.78, 5) is 60.7. The molecule has 0 spiro atoms. The number of fused-ring (bicyclic) bond motifs is 4. The van der Waals surface area contributed by atoms with Gasteiger partial charge in [0, 0.05) is 10.9 Å².